The highest BCUT2D eigenvalue weighted by Crippen LogP contribution is 2.09. The molecule has 0 saturated carbocycles. The van der Waals surface area contributed by atoms with Gasteiger partial charge < -0.3 is 10.4 Å². The molecule has 18 heavy (non-hydrogen) atoms. The molecule has 0 aliphatic heterocycles. The molecule has 0 radical (unpaired) electrons. The van der Waals surface area contributed by atoms with Crippen molar-refractivity contribution in [2.45, 2.75) is 84.0 Å². The summed E-state index contributed by atoms with van der Waals surface area (Å²) in [6.07, 6.45) is 16.0. The normalized spacial score (nSPS) is 11.0. The average Bonchev–Trinajstić information content (AvgIpc) is 2.39. The third-order valence-corrected chi connectivity index (χ3v) is 3.47. The second-order valence-electron chi connectivity index (χ2n) is 5.36. The Bertz CT molecular complexity index is 123. The Hall–Kier alpha value is -0.0800. The molecule has 0 unspecified atom stereocenters. The van der Waals surface area contributed by atoms with Crippen LogP contribution in [0.25, 0.3) is 0 Å². The van der Waals surface area contributed by atoms with Crippen LogP contribution in [0, 0.1) is 0 Å². The molecule has 2 N–H and O–H groups in total. The van der Waals surface area contributed by atoms with Crippen molar-refractivity contribution in [3.05, 3.63) is 0 Å². The zero-order valence-corrected chi connectivity index (χ0v) is 12.6. The standard InChI is InChI=1S/C16H35NO/c1-2-3-4-5-6-7-8-9-11-14-17-15-12-10-13-16-18/h17-18H,2-16H2,1H3. The molecular formula is C16H35NO. The predicted molar refractivity (Wildman–Crippen MR) is 81.0 cm³/mol. The van der Waals surface area contributed by atoms with Crippen molar-refractivity contribution >= 4 is 0 Å². The topological polar surface area (TPSA) is 32.3 Å². The third kappa shape index (κ3) is 15.9. The third-order valence-electron chi connectivity index (χ3n) is 3.47. The molecule has 0 aromatic rings. The Balaban J connectivity index is 2.86. The van der Waals surface area contributed by atoms with Gasteiger partial charge in [0, 0.05) is 6.61 Å². The van der Waals surface area contributed by atoms with Crippen LogP contribution in [0.4, 0.5) is 0 Å². The van der Waals surface area contributed by atoms with Crippen molar-refractivity contribution in [3.8, 4) is 0 Å². The van der Waals surface area contributed by atoms with E-state index in [-0.39, 0.29) is 0 Å². The first-order chi connectivity index (χ1) is 8.91. The largest absolute Gasteiger partial charge is 0.396 e. The summed E-state index contributed by atoms with van der Waals surface area (Å²) in [6.45, 7) is 4.92. The van der Waals surface area contributed by atoms with Gasteiger partial charge in [0.1, 0.15) is 0 Å². The number of aliphatic hydroxyl groups excluding tert-OH is 1. The van der Waals surface area contributed by atoms with Crippen molar-refractivity contribution in [2.75, 3.05) is 19.7 Å². The van der Waals surface area contributed by atoms with Crippen molar-refractivity contribution in [3.63, 3.8) is 0 Å². The summed E-state index contributed by atoms with van der Waals surface area (Å²) in [7, 11) is 0. The lowest BCUT2D eigenvalue weighted by Gasteiger charge is -2.04. The van der Waals surface area contributed by atoms with E-state index in [4.69, 9.17) is 5.11 Å². The molecule has 0 atom stereocenters. The monoisotopic (exact) mass is 257 g/mol. The zero-order chi connectivity index (χ0) is 13.3. The summed E-state index contributed by atoms with van der Waals surface area (Å²) in [4.78, 5) is 0. The van der Waals surface area contributed by atoms with Crippen molar-refractivity contribution in [1.82, 2.24) is 5.32 Å². The molecule has 0 aliphatic rings. The Labute approximate surface area is 115 Å². The minimum Gasteiger partial charge on any atom is -0.396 e. The molecule has 0 spiro atoms. The number of hydrogen-bond donors (Lipinski definition) is 2. The van der Waals surface area contributed by atoms with Crippen LogP contribution >= 0.6 is 0 Å². The van der Waals surface area contributed by atoms with E-state index in [0.717, 1.165) is 19.4 Å². The number of rotatable bonds is 15. The van der Waals surface area contributed by atoms with Crippen LogP contribution in [0.15, 0.2) is 0 Å². The number of hydrogen-bond acceptors (Lipinski definition) is 2. The maximum absolute atomic E-state index is 8.64. The quantitative estimate of drug-likeness (QED) is 0.429. The Morgan fingerprint density at radius 1 is 0.611 bits per heavy atom. The van der Waals surface area contributed by atoms with Gasteiger partial charge >= 0.3 is 0 Å². The second-order valence-corrected chi connectivity index (χ2v) is 5.36. The van der Waals surface area contributed by atoms with Crippen LogP contribution in [0.1, 0.15) is 84.0 Å². The first-order valence-electron chi connectivity index (χ1n) is 8.23. The molecule has 0 amide bonds. The van der Waals surface area contributed by atoms with Gasteiger partial charge in [-0.25, -0.2) is 0 Å². The van der Waals surface area contributed by atoms with Gasteiger partial charge in [0.2, 0.25) is 0 Å². The van der Waals surface area contributed by atoms with Crippen LogP contribution < -0.4 is 5.32 Å². The smallest absolute Gasteiger partial charge is 0.0431 e. The predicted octanol–water partition coefficient (Wildman–Crippen LogP) is 4.27. The Kier molecular flexibility index (Phi) is 16.8. The van der Waals surface area contributed by atoms with Crippen LogP contribution in [-0.4, -0.2) is 24.8 Å². The lowest BCUT2D eigenvalue weighted by molar-refractivity contribution is 0.283. The van der Waals surface area contributed by atoms with Crippen LogP contribution in [0.2, 0.25) is 0 Å². The molecule has 2 heteroatoms. The van der Waals surface area contributed by atoms with Crippen LogP contribution in [0.5, 0.6) is 0 Å². The molecule has 110 valence electrons. The Morgan fingerprint density at radius 2 is 1.06 bits per heavy atom. The fourth-order valence-electron chi connectivity index (χ4n) is 2.22. The van der Waals surface area contributed by atoms with Gasteiger partial charge in [-0.2, -0.15) is 0 Å². The van der Waals surface area contributed by atoms with E-state index in [1.54, 1.807) is 0 Å². The van der Waals surface area contributed by atoms with E-state index in [1.807, 2.05) is 0 Å². The van der Waals surface area contributed by atoms with Gasteiger partial charge in [-0.3, -0.25) is 0 Å². The fourth-order valence-corrected chi connectivity index (χ4v) is 2.22. The minimum absolute atomic E-state index is 0.345. The summed E-state index contributed by atoms with van der Waals surface area (Å²) < 4.78 is 0. The maximum Gasteiger partial charge on any atom is 0.0431 e. The first-order valence-corrected chi connectivity index (χ1v) is 8.23. The number of aliphatic hydroxyl groups is 1. The highest BCUT2D eigenvalue weighted by Gasteiger charge is 1.92. The lowest BCUT2D eigenvalue weighted by Crippen LogP contribution is -2.16. The number of unbranched alkanes of at least 4 members (excludes halogenated alkanes) is 10. The molecule has 0 saturated heterocycles. The molecule has 0 fully saturated rings. The summed E-state index contributed by atoms with van der Waals surface area (Å²) >= 11 is 0. The minimum atomic E-state index is 0.345. The van der Waals surface area contributed by atoms with E-state index in [0.29, 0.717) is 6.61 Å². The van der Waals surface area contributed by atoms with Crippen LogP contribution in [-0.2, 0) is 0 Å². The van der Waals surface area contributed by atoms with E-state index in [2.05, 4.69) is 12.2 Å². The Morgan fingerprint density at radius 3 is 1.56 bits per heavy atom. The van der Waals surface area contributed by atoms with Crippen molar-refractivity contribution in [1.29, 1.82) is 0 Å². The van der Waals surface area contributed by atoms with Gasteiger partial charge in [0.05, 0.1) is 0 Å². The fraction of sp³-hybridized carbons (Fsp3) is 1.00. The van der Waals surface area contributed by atoms with Gasteiger partial charge in [-0.05, 0) is 38.8 Å². The lowest BCUT2D eigenvalue weighted by atomic mass is 10.1. The highest BCUT2D eigenvalue weighted by atomic mass is 16.2. The molecule has 0 aromatic heterocycles. The maximum atomic E-state index is 8.64. The SMILES string of the molecule is CCCCCCCCCCCNCCCCCO. The molecule has 0 heterocycles. The van der Waals surface area contributed by atoms with Crippen LogP contribution in [0.3, 0.4) is 0 Å². The van der Waals surface area contributed by atoms with Gasteiger partial charge in [-0.1, -0.05) is 58.3 Å². The first kappa shape index (κ1) is 17.9. The van der Waals surface area contributed by atoms with Crippen molar-refractivity contribution in [2.24, 2.45) is 0 Å². The average molecular weight is 257 g/mol. The van der Waals surface area contributed by atoms with Crippen molar-refractivity contribution < 1.29 is 5.11 Å². The van der Waals surface area contributed by atoms with Gasteiger partial charge in [0.25, 0.3) is 0 Å². The molecule has 2 nitrogen and oxygen atoms in total. The van der Waals surface area contributed by atoms with Gasteiger partial charge in [-0.15, -0.1) is 0 Å². The zero-order valence-electron chi connectivity index (χ0n) is 12.6. The number of nitrogens with one attached hydrogen (secondary N) is 1. The molecular weight excluding hydrogens is 222 g/mol. The summed E-state index contributed by atoms with van der Waals surface area (Å²) in [5, 5.41) is 12.1. The van der Waals surface area contributed by atoms with E-state index < -0.39 is 0 Å². The highest BCUT2D eigenvalue weighted by molar-refractivity contribution is 4.51. The van der Waals surface area contributed by atoms with E-state index >= 15 is 0 Å². The molecule has 0 aromatic carbocycles. The summed E-state index contributed by atoms with van der Waals surface area (Å²) in [5.74, 6) is 0. The van der Waals surface area contributed by atoms with E-state index in [9.17, 15) is 0 Å². The molecule has 0 bridgehead atoms. The second kappa shape index (κ2) is 16.9. The summed E-state index contributed by atoms with van der Waals surface area (Å²) in [5.41, 5.74) is 0. The van der Waals surface area contributed by atoms with Gasteiger partial charge in [0.15, 0.2) is 0 Å². The summed E-state index contributed by atoms with van der Waals surface area (Å²) in [6, 6.07) is 0. The van der Waals surface area contributed by atoms with E-state index in [1.165, 1.54) is 70.8 Å². The molecule has 0 rings (SSSR count). The molecule has 0 aliphatic carbocycles.